The maximum absolute atomic E-state index is 11.0. The van der Waals surface area contributed by atoms with Crippen LogP contribution in [0.1, 0.15) is 10.4 Å². The van der Waals surface area contributed by atoms with Gasteiger partial charge >= 0.3 is 5.97 Å². The number of carboxylic acid groups (broad SMARTS) is 1. The number of fused-ring (bicyclic) bond motifs is 1. The van der Waals surface area contributed by atoms with E-state index in [9.17, 15) is 4.79 Å². The summed E-state index contributed by atoms with van der Waals surface area (Å²) in [5.74, 6) is -0.916. The highest BCUT2D eigenvalue weighted by atomic mass is 16.4. The predicted molar refractivity (Wildman–Crippen MR) is 99.6 cm³/mol. The topological polar surface area (TPSA) is 50.2 Å². The largest absolute Gasteiger partial charge is 0.478 e. The molecular formula is C22H15NO2. The summed E-state index contributed by atoms with van der Waals surface area (Å²) in [4.78, 5) is 15.7. The van der Waals surface area contributed by atoms with Gasteiger partial charge in [-0.05, 0) is 41.5 Å². The van der Waals surface area contributed by atoms with E-state index in [0.717, 1.165) is 33.3 Å². The summed E-state index contributed by atoms with van der Waals surface area (Å²) in [6, 6.07) is 27.2. The van der Waals surface area contributed by atoms with E-state index in [1.54, 1.807) is 12.1 Å². The first-order valence-corrected chi connectivity index (χ1v) is 8.01. The third-order valence-electron chi connectivity index (χ3n) is 4.22. The second-order valence-electron chi connectivity index (χ2n) is 5.85. The fourth-order valence-corrected chi connectivity index (χ4v) is 2.89. The number of carbonyl (C=O) groups is 1. The van der Waals surface area contributed by atoms with Gasteiger partial charge in [0, 0.05) is 10.9 Å². The van der Waals surface area contributed by atoms with Gasteiger partial charge in [-0.2, -0.15) is 0 Å². The van der Waals surface area contributed by atoms with Gasteiger partial charge in [0.05, 0.1) is 16.8 Å². The summed E-state index contributed by atoms with van der Waals surface area (Å²) in [5.41, 5.74) is 5.22. The number of hydrogen-bond acceptors (Lipinski definition) is 2. The van der Waals surface area contributed by atoms with Crippen LogP contribution in [0.5, 0.6) is 0 Å². The Labute approximate surface area is 145 Å². The van der Waals surface area contributed by atoms with Crippen LogP contribution in [0.25, 0.3) is 33.3 Å². The lowest BCUT2D eigenvalue weighted by Gasteiger charge is -2.07. The molecule has 4 aromatic rings. The minimum Gasteiger partial charge on any atom is -0.478 e. The summed E-state index contributed by atoms with van der Waals surface area (Å²) >= 11 is 0. The smallest absolute Gasteiger partial charge is 0.335 e. The highest BCUT2D eigenvalue weighted by Gasteiger charge is 2.06. The molecule has 0 saturated carbocycles. The van der Waals surface area contributed by atoms with Crippen LogP contribution in [0.3, 0.4) is 0 Å². The number of rotatable bonds is 3. The third kappa shape index (κ3) is 3.00. The highest BCUT2D eigenvalue weighted by Crippen LogP contribution is 2.27. The molecule has 1 heterocycles. The lowest BCUT2D eigenvalue weighted by molar-refractivity contribution is 0.0697. The van der Waals surface area contributed by atoms with Crippen molar-refractivity contribution in [2.24, 2.45) is 0 Å². The van der Waals surface area contributed by atoms with Crippen LogP contribution in [0, 0.1) is 0 Å². The zero-order valence-electron chi connectivity index (χ0n) is 13.4. The Morgan fingerprint density at radius 3 is 2.28 bits per heavy atom. The summed E-state index contributed by atoms with van der Waals surface area (Å²) < 4.78 is 0. The monoisotopic (exact) mass is 325 g/mol. The minimum atomic E-state index is -0.916. The van der Waals surface area contributed by atoms with Crippen molar-refractivity contribution in [1.82, 2.24) is 4.98 Å². The number of aromatic nitrogens is 1. The highest BCUT2D eigenvalue weighted by molar-refractivity contribution is 5.88. The van der Waals surface area contributed by atoms with E-state index >= 15 is 0 Å². The second-order valence-corrected chi connectivity index (χ2v) is 5.85. The van der Waals surface area contributed by atoms with Gasteiger partial charge in [-0.3, -0.25) is 0 Å². The Morgan fingerprint density at radius 2 is 1.48 bits per heavy atom. The maximum atomic E-state index is 11.0. The molecule has 4 rings (SSSR count). The van der Waals surface area contributed by atoms with E-state index in [4.69, 9.17) is 10.1 Å². The predicted octanol–water partition coefficient (Wildman–Crippen LogP) is 5.27. The number of pyridine rings is 1. The Bertz CT molecular complexity index is 1070. The van der Waals surface area contributed by atoms with Gasteiger partial charge in [-0.25, -0.2) is 9.78 Å². The lowest BCUT2D eigenvalue weighted by atomic mass is 10.00. The second kappa shape index (κ2) is 6.21. The van der Waals surface area contributed by atoms with Gasteiger partial charge in [0.1, 0.15) is 0 Å². The van der Waals surface area contributed by atoms with Crippen molar-refractivity contribution in [3.63, 3.8) is 0 Å². The summed E-state index contributed by atoms with van der Waals surface area (Å²) in [7, 11) is 0. The molecule has 0 unspecified atom stereocenters. The molecule has 3 nitrogen and oxygen atoms in total. The van der Waals surface area contributed by atoms with Crippen LogP contribution in [0.15, 0.2) is 84.9 Å². The van der Waals surface area contributed by atoms with Gasteiger partial charge < -0.3 is 5.11 Å². The van der Waals surface area contributed by atoms with Crippen LogP contribution in [-0.4, -0.2) is 16.1 Å². The zero-order valence-corrected chi connectivity index (χ0v) is 13.4. The molecule has 1 N–H and O–H groups in total. The van der Waals surface area contributed by atoms with Crippen LogP contribution in [0.2, 0.25) is 0 Å². The fraction of sp³-hybridized carbons (Fsp3) is 0. The van der Waals surface area contributed by atoms with Crippen LogP contribution in [-0.2, 0) is 0 Å². The van der Waals surface area contributed by atoms with Gasteiger partial charge in [0.15, 0.2) is 0 Å². The van der Waals surface area contributed by atoms with Crippen molar-refractivity contribution in [3.8, 4) is 22.4 Å². The van der Waals surface area contributed by atoms with Crippen LogP contribution < -0.4 is 0 Å². The van der Waals surface area contributed by atoms with Crippen LogP contribution >= 0.6 is 0 Å². The molecule has 0 spiro atoms. The number of benzene rings is 3. The molecule has 1 aromatic heterocycles. The van der Waals surface area contributed by atoms with E-state index in [1.165, 1.54) is 0 Å². The fourth-order valence-electron chi connectivity index (χ4n) is 2.89. The SMILES string of the molecule is O=C(O)c1ccc(-c2cccc(-c3ccc4ccccc4n3)c2)cc1. The Hall–Kier alpha value is -3.46. The minimum absolute atomic E-state index is 0.288. The molecule has 0 aliphatic carbocycles. The van der Waals surface area contributed by atoms with E-state index in [0.29, 0.717) is 0 Å². The molecule has 0 atom stereocenters. The first-order valence-electron chi connectivity index (χ1n) is 8.01. The van der Waals surface area contributed by atoms with Gasteiger partial charge in [0.2, 0.25) is 0 Å². The van der Waals surface area contributed by atoms with E-state index in [1.807, 2.05) is 60.7 Å². The van der Waals surface area contributed by atoms with Crippen molar-refractivity contribution in [1.29, 1.82) is 0 Å². The van der Waals surface area contributed by atoms with Gasteiger partial charge in [-0.1, -0.05) is 54.6 Å². The van der Waals surface area contributed by atoms with Crippen molar-refractivity contribution in [2.45, 2.75) is 0 Å². The molecule has 0 bridgehead atoms. The van der Waals surface area contributed by atoms with Crippen molar-refractivity contribution in [3.05, 3.63) is 90.5 Å². The number of para-hydroxylation sites is 1. The Morgan fingerprint density at radius 1 is 0.720 bits per heavy atom. The zero-order chi connectivity index (χ0) is 17.2. The summed E-state index contributed by atoms with van der Waals surface area (Å²) in [6.45, 7) is 0. The van der Waals surface area contributed by atoms with Crippen molar-refractivity contribution >= 4 is 16.9 Å². The quantitative estimate of drug-likeness (QED) is 0.558. The molecule has 0 radical (unpaired) electrons. The Kier molecular flexibility index (Phi) is 3.75. The lowest BCUT2D eigenvalue weighted by Crippen LogP contribution is -1.95. The third-order valence-corrected chi connectivity index (χ3v) is 4.22. The molecule has 120 valence electrons. The van der Waals surface area contributed by atoms with Crippen molar-refractivity contribution < 1.29 is 9.90 Å². The van der Waals surface area contributed by atoms with E-state index in [-0.39, 0.29) is 5.56 Å². The average Bonchev–Trinajstić information content (AvgIpc) is 2.68. The standard InChI is InChI=1S/C22H15NO2/c24-22(25)17-10-8-15(9-11-17)18-5-3-6-19(14-18)21-13-12-16-4-1-2-7-20(16)23-21/h1-14H,(H,24,25). The maximum Gasteiger partial charge on any atom is 0.335 e. The number of carboxylic acids is 1. The number of nitrogens with zero attached hydrogens (tertiary/aromatic N) is 1. The molecule has 25 heavy (non-hydrogen) atoms. The number of aromatic carboxylic acids is 1. The molecule has 0 aliphatic heterocycles. The Balaban J connectivity index is 1.74. The average molecular weight is 325 g/mol. The van der Waals surface area contributed by atoms with Gasteiger partial charge in [-0.15, -0.1) is 0 Å². The molecule has 3 aromatic carbocycles. The van der Waals surface area contributed by atoms with Crippen molar-refractivity contribution in [2.75, 3.05) is 0 Å². The van der Waals surface area contributed by atoms with E-state index < -0.39 is 5.97 Å². The first kappa shape index (κ1) is 15.1. The number of hydrogen-bond donors (Lipinski definition) is 1. The van der Waals surface area contributed by atoms with Crippen LogP contribution in [0.4, 0.5) is 0 Å². The molecule has 0 aliphatic rings. The van der Waals surface area contributed by atoms with Gasteiger partial charge in [0.25, 0.3) is 0 Å². The molecule has 3 heteroatoms. The summed E-state index contributed by atoms with van der Waals surface area (Å²) in [6.07, 6.45) is 0. The van der Waals surface area contributed by atoms with E-state index in [2.05, 4.69) is 12.1 Å². The molecule has 0 saturated heterocycles. The first-order chi connectivity index (χ1) is 12.2. The summed E-state index contributed by atoms with van der Waals surface area (Å²) in [5, 5.41) is 10.1. The normalized spacial score (nSPS) is 10.7. The molecule has 0 amide bonds. The molecule has 0 fully saturated rings. The molecular weight excluding hydrogens is 310 g/mol.